The zero-order valence-corrected chi connectivity index (χ0v) is 20.3. The number of hydrogen-bond donors (Lipinski definition) is 1. The highest BCUT2D eigenvalue weighted by atomic mass is 32.2. The number of hydroxylamine groups is 2. The molecule has 9 nitrogen and oxygen atoms in total. The van der Waals surface area contributed by atoms with Crippen molar-refractivity contribution in [1.82, 2.24) is 5.06 Å². The van der Waals surface area contributed by atoms with E-state index in [9.17, 15) is 54.7 Å². The Labute approximate surface area is 211 Å². The molecule has 1 atom stereocenters. The Morgan fingerprint density at radius 1 is 1.11 bits per heavy atom. The maximum atomic E-state index is 13.7. The van der Waals surface area contributed by atoms with Crippen LogP contribution in [-0.2, 0) is 31.1 Å². The van der Waals surface area contributed by atoms with Crippen molar-refractivity contribution in [3.8, 4) is 11.5 Å². The fourth-order valence-corrected chi connectivity index (χ4v) is 5.34. The van der Waals surface area contributed by atoms with Gasteiger partial charge in [-0.3, -0.25) is 0 Å². The summed E-state index contributed by atoms with van der Waals surface area (Å²) in [7, 11) is -5.68. The van der Waals surface area contributed by atoms with Gasteiger partial charge < -0.3 is 24.6 Å². The average Bonchev–Trinajstić information content (AvgIpc) is 3.19. The van der Waals surface area contributed by atoms with Gasteiger partial charge in [0.1, 0.15) is 11.5 Å². The zero-order valence-electron chi connectivity index (χ0n) is 19.4. The number of carboxylic acids is 1. The molecule has 2 aromatic rings. The van der Waals surface area contributed by atoms with E-state index < -0.39 is 72.8 Å². The second kappa shape index (κ2) is 9.74. The van der Waals surface area contributed by atoms with E-state index in [0.717, 1.165) is 13.2 Å². The van der Waals surface area contributed by atoms with Crippen LogP contribution in [-0.4, -0.2) is 49.8 Å². The topological polar surface area (TPSA) is 133 Å². The minimum atomic E-state index is -6.49. The number of methoxy groups -OCH3 is 1. The third-order valence-electron chi connectivity index (χ3n) is 5.90. The Bertz CT molecular complexity index is 1390. The smallest absolute Gasteiger partial charge is 0.501 e. The quantitative estimate of drug-likeness (QED) is 0.410. The van der Waals surface area contributed by atoms with Crippen molar-refractivity contribution in [3.63, 3.8) is 0 Å². The summed E-state index contributed by atoms with van der Waals surface area (Å²) in [6.45, 7) is 0.848. The molecule has 0 aliphatic carbocycles. The van der Waals surface area contributed by atoms with Gasteiger partial charge in [-0.15, -0.1) is 0 Å². The maximum Gasteiger partial charge on any atom is 0.501 e. The minimum absolute atomic E-state index is 0.0547. The molecule has 1 unspecified atom stereocenters. The lowest BCUT2D eigenvalue weighted by molar-refractivity contribution is -0.255. The summed E-state index contributed by atoms with van der Waals surface area (Å²) in [5.74, 6) is -4.81. The number of carbonyl (C=O) groups is 2. The lowest BCUT2D eigenvalue weighted by Crippen LogP contribution is -2.48. The maximum absolute atomic E-state index is 13.7. The van der Waals surface area contributed by atoms with Crippen molar-refractivity contribution < 1.29 is 64.1 Å². The molecule has 1 saturated heterocycles. The Morgan fingerprint density at radius 2 is 1.74 bits per heavy atom. The number of benzene rings is 2. The molecule has 0 spiro atoms. The number of halogens is 6. The monoisotopic (exact) mass is 570 g/mol. The molecule has 38 heavy (non-hydrogen) atoms. The number of aryl methyl sites for hydroxylation is 1. The standard InChI is InChI=1S/C22H19F6NO8S/c1-11-8-12(21(23,24)25)4-5-16(11)37-13-9-14(18(30)31)17(38(34,35)22(26,27)28)15(10-13)20(19(32)36-2)6-3-7-29(20)33/h4-5,8-10,33H,3,6-7H2,1-2H3,(H,30,31)/p-1. The van der Waals surface area contributed by atoms with Gasteiger partial charge in [-0.2, -0.15) is 31.4 Å². The highest BCUT2D eigenvalue weighted by Gasteiger charge is 2.57. The Kier molecular flexibility index (Phi) is 7.48. The third-order valence-corrected chi connectivity index (χ3v) is 7.49. The molecule has 1 fully saturated rings. The van der Waals surface area contributed by atoms with Crippen molar-refractivity contribution in [2.24, 2.45) is 0 Å². The summed E-state index contributed by atoms with van der Waals surface area (Å²) < 4.78 is 115. The number of rotatable bonds is 6. The molecule has 0 bridgehead atoms. The normalized spacial score (nSPS) is 18.9. The van der Waals surface area contributed by atoms with Gasteiger partial charge in [0.2, 0.25) is 0 Å². The van der Waals surface area contributed by atoms with E-state index in [1.807, 2.05) is 0 Å². The summed E-state index contributed by atoms with van der Waals surface area (Å²) in [6.07, 6.45) is -5.27. The molecule has 208 valence electrons. The number of esters is 1. The molecule has 0 amide bonds. The van der Waals surface area contributed by atoms with E-state index in [0.29, 0.717) is 24.3 Å². The van der Waals surface area contributed by atoms with Gasteiger partial charge in [-0.25, -0.2) is 13.2 Å². The fourth-order valence-electron chi connectivity index (χ4n) is 4.16. The number of carboxylic acid groups (broad SMARTS) is 1. The van der Waals surface area contributed by atoms with E-state index in [2.05, 4.69) is 4.74 Å². The van der Waals surface area contributed by atoms with Gasteiger partial charge in [0, 0.05) is 17.7 Å². The fraction of sp³-hybridized carbons (Fsp3) is 0.364. The summed E-state index contributed by atoms with van der Waals surface area (Å²) in [5, 5.41) is 22.6. The average molecular weight is 570 g/mol. The molecule has 3 rings (SSSR count). The number of aromatic carboxylic acids is 1. The van der Waals surface area contributed by atoms with E-state index in [-0.39, 0.29) is 29.3 Å². The van der Waals surface area contributed by atoms with Crippen LogP contribution in [0.4, 0.5) is 26.3 Å². The minimum Gasteiger partial charge on any atom is -0.545 e. The van der Waals surface area contributed by atoms with Gasteiger partial charge >= 0.3 is 17.7 Å². The molecule has 0 aromatic heterocycles. The molecule has 1 aliphatic heterocycles. The van der Waals surface area contributed by atoms with Crippen molar-refractivity contribution >= 4 is 21.8 Å². The van der Waals surface area contributed by atoms with E-state index in [4.69, 9.17) is 4.74 Å². The van der Waals surface area contributed by atoms with Crippen LogP contribution < -0.4 is 9.84 Å². The Balaban J connectivity index is 2.38. The molecule has 0 radical (unpaired) electrons. The van der Waals surface area contributed by atoms with Crippen LogP contribution in [0.1, 0.15) is 39.9 Å². The third kappa shape index (κ3) is 4.90. The number of ether oxygens (including phenoxy) is 2. The summed E-state index contributed by atoms with van der Waals surface area (Å²) in [4.78, 5) is 22.8. The first kappa shape index (κ1) is 29.2. The Hall–Kier alpha value is -3.37. The van der Waals surface area contributed by atoms with Gasteiger partial charge in [0.15, 0.2) is 5.54 Å². The van der Waals surface area contributed by atoms with Gasteiger partial charge in [-0.1, -0.05) is 0 Å². The lowest BCUT2D eigenvalue weighted by Gasteiger charge is -2.34. The molecule has 1 aliphatic rings. The van der Waals surface area contributed by atoms with E-state index >= 15 is 0 Å². The van der Waals surface area contributed by atoms with Gasteiger partial charge in [0.25, 0.3) is 9.84 Å². The van der Waals surface area contributed by atoms with E-state index in [1.165, 1.54) is 6.92 Å². The van der Waals surface area contributed by atoms with Gasteiger partial charge in [-0.05, 0) is 55.7 Å². The number of alkyl halides is 6. The van der Waals surface area contributed by atoms with Crippen LogP contribution in [0.15, 0.2) is 35.2 Å². The second-order valence-corrected chi connectivity index (χ2v) is 10.1. The van der Waals surface area contributed by atoms with Crippen LogP contribution >= 0.6 is 0 Å². The SMILES string of the molecule is COC(=O)C1(c2cc(Oc3ccc(C(F)(F)F)cc3C)cc(C(=O)[O-])c2S(=O)(=O)C(F)(F)F)CCCN1O. The molecule has 0 saturated carbocycles. The van der Waals surface area contributed by atoms with E-state index in [1.54, 1.807) is 0 Å². The predicted octanol–water partition coefficient (Wildman–Crippen LogP) is 3.32. The Morgan fingerprint density at radius 3 is 2.18 bits per heavy atom. The van der Waals surface area contributed by atoms with Crippen LogP contribution in [0.25, 0.3) is 0 Å². The van der Waals surface area contributed by atoms with Gasteiger partial charge in [0.05, 0.1) is 23.5 Å². The van der Waals surface area contributed by atoms with Crippen molar-refractivity contribution in [3.05, 3.63) is 52.6 Å². The van der Waals surface area contributed by atoms with Crippen LogP contribution in [0, 0.1) is 6.92 Å². The highest BCUT2D eigenvalue weighted by molar-refractivity contribution is 7.92. The molecule has 2 aromatic carbocycles. The van der Waals surface area contributed by atoms with Crippen molar-refractivity contribution in [2.45, 2.75) is 41.9 Å². The van der Waals surface area contributed by atoms with Crippen molar-refractivity contribution in [1.29, 1.82) is 0 Å². The second-order valence-electron chi connectivity index (χ2n) is 8.24. The number of sulfone groups is 1. The highest BCUT2D eigenvalue weighted by Crippen LogP contribution is 2.47. The first-order valence-electron chi connectivity index (χ1n) is 10.5. The van der Waals surface area contributed by atoms with Crippen molar-refractivity contribution in [2.75, 3.05) is 13.7 Å². The first-order valence-corrected chi connectivity index (χ1v) is 12.0. The molecular formula is C22H18F6NO8S-. The molecular weight excluding hydrogens is 552 g/mol. The molecule has 16 heteroatoms. The first-order chi connectivity index (χ1) is 17.4. The molecule has 1 N–H and O–H groups in total. The predicted molar refractivity (Wildman–Crippen MR) is 112 cm³/mol. The number of carbonyl (C=O) groups excluding carboxylic acids is 2. The zero-order chi connectivity index (χ0) is 28.8. The van der Waals surface area contributed by atoms with Crippen LogP contribution in [0.2, 0.25) is 0 Å². The summed E-state index contributed by atoms with van der Waals surface area (Å²) >= 11 is 0. The molecule has 1 heterocycles. The summed E-state index contributed by atoms with van der Waals surface area (Å²) in [5.41, 5.74) is -12.5. The number of nitrogens with zero attached hydrogens (tertiary/aromatic N) is 1. The van der Waals surface area contributed by atoms with Crippen LogP contribution in [0.3, 0.4) is 0 Å². The summed E-state index contributed by atoms with van der Waals surface area (Å²) in [6, 6.07) is 3.08. The van der Waals surface area contributed by atoms with Crippen LogP contribution in [0.5, 0.6) is 11.5 Å². The number of hydrogen-bond acceptors (Lipinski definition) is 9. The largest absolute Gasteiger partial charge is 0.545 e. The lowest BCUT2D eigenvalue weighted by atomic mass is 9.86.